The largest absolute Gasteiger partial charge is 1.00 e. The average Bonchev–Trinajstić information content (AvgIpc) is 2.66. The summed E-state index contributed by atoms with van der Waals surface area (Å²) in [5.74, 6) is 2.95. The highest BCUT2D eigenvalue weighted by Gasteiger charge is 2.56. The van der Waals surface area contributed by atoms with Crippen LogP contribution in [0.25, 0.3) is 0 Å². The third-order valence-corrected chi connectivity index (χ3v) is 7.15. The van der Waals surface area contributed by atoms with Gasteiger partial charge in [-0.1, -0.05) is 0 Å². The minimum Gasteiger partial charge on any atom is -1.00 e. The van der Waals surface area contributed by atoms with E-state index < -0.39 is 0 Å². The molecule has 28 heavy (non-hydrogen) atoms. The third-order valence-electron chi connectivity index (χ3n) is 7.15. The number of hydrogen-bond donors (Lipinski definition) is 0. The summed E-state index contributed by atoms with van der Waals surface area (Å²) >= 11 is 0. The Kier molecular flexibility index (Phi) is 7.63. The molecule has 0 unspecified atom stereocenters. The molecule has 0 saturated heterocycles. The van der Waals surface area contributed by atoms with Gasteiger partial charge in [-0.3, -0.25) is 0 Å². The first-order valence-electron chi connectivity index (χ1n) is 11.1. The van der Waals surface area contributed by atoms with E-state index in [1.165, 1.54) is 44.2 Å². The SMILES string of the molecule is CCOCCN(CCOCC)c1cc[n+](C23CC4CC(CC(C4)C2)C3)cc1.[Cl-]. The van der Waals surface area contributed by atoms with Crippen molar-refractivity contribution >= 4 is 5.69 Å². The van der Waals surface area contributed by atoms with Crippen molar-refractivity contribution in [3.63, 3.8) is 0 Å². The van der Waals surface area contributed by atoms with Crippen molar-refractivity contribution in [2.75, 3.05) is 44.4 Å². The van der Waals surface area contributed by atoms with Crippen molar-refractivity contribution in [1.29, 1.82) is 0 Å². The molecule has 0 N–H and O–H groups in total. The molecule has 4 aliphatic rings. The Hall–Kier alpha value is -0.840. The van der Waals surface area contributed by atoms with Crippen LogP contribution in [0.3, 0.4) is 0 Å². The number of hydrogen-bond acceptors (Lipinski definition) is 3. The van der Waals surface area contributed by atoms with Gasteiger partial charge in [-0.05, 0) is 50.9 Å². The molecule has 5 rings (SSSR count). The Balaban J connectivity index is 0.00000225. The first-order chi connectivity index (χ1) is 13.2. The number of pyridine rings is 1. The molecule has 0 spiro atoms. The quantitative estimate of drug-likeness (QED) is 0.422. The van der Waals surface area contributed by atoms with E-state index in [0.717, 1.165) is 57.3 Å². The molecule has 0 atom stereocenters. The number of ether oxygens (including phenoxy) is 2. The molecule has 1 heterocycles. The van der Waals surface area contributed by atoms with Gasteiger partial charge in [0, 0.05) is 63.4 Å². The van der Waals surface area contributed by atoms with Gasteiger partial charge in [-0.25, -0.2) is 0 Å². The maximum Gasteiger partial charge on any atom is 0.171 e. The second kappa shape index (κ2) is 9.77. The Bertz CT molecular complexity index is 562. The van der Waals surface area contributed by atoms with Crippen LogP contribution < -0.4 is 21.9 Å². The Morgan fingerprint density at radius 2 is 1.36 bits per heavy atom. The van der Waals surface area contributed by atoms with Gasteiger partial charge in [0.1, 0.15) is 0 Å². The van der Waals surface area contributed by atoms with Crippen LogP contribution in [0, 0.1) is 17.8 Å². The minimum absolute atomic E-state index is 0. The number of aromatic nitrogens is 1. The van der Waals surface area contributed by atoms with Gasteiger partial charge in [0.25, 0.3) is 0 Å². The lowest BCUT2D eigenvalue weighted by molar-refractivity contribution is -0.776. The van der Waals surface area contributed by atoms with Crippen LogP contribution in [0.15, 0.2) is 24.5 Å². The fraction of sp³-hybridized carbons (Fsp3) is 0.783. The van der Waals surface area contributed by atoms with Crippen molar-refractivity contribution in [3.05, 3.63) is 24.5 Å². The van der Waals surface area contributed by atoms with E-state index in [1.54, 1.807) is 0 Å². The first-order valence-corrected chi connectivity index (χ1v) is 11.1. The zero-order valence-electron chi connectivity index (χ0n) is 17.6. The molecule has 0 radical (unpaired) electrons. The molecule has 4 fully saturated rings. The third kappa shape index (κ3) is 4.66. The zero-order valence-corrected chi connectivity index (χ0v) is 18.4. The summed E-state index contributed by atoms with van der Waals surface area (Å²) in [6.45, 7) is 9.05. The van der Waals surface area contributed by atoms with Gasteiger partial charge in [0.2, 0.25) is 0 Å². The summed E-state index contributed by atoms with van der Waals surface area (Å²) in [6.07, 6.45) is 13.4. The topological polar surface area (TPSA) is 25.6 Å². The minimum atomic E-state index is 0. The van der Waals surface area contributed by atoms with Crippen LogP contribution in [0.4, 0.5) is 5.69 Å². The molecule has 4 nitrogen and oxygen atoms in total. The fourth-order valence-electron chi connectivity index (χ4n) is 6.33. The molecule has 5 heteroatoms. The van der Waals surface area contributed by atoms with Gasteiger partial charge in [-0.2, -0.15) is 4.57 Å². The highest BCUT2D eigenvalue weighted by atomic mass is 35.5. The van der Waals surface area contributed by atoms with Crippen molar-refractivity contribution in [3.8, 4) is 0 Å². The maximum atomic E-state index is 5.59. The molecule has 0 aromatic carbocycles. The second-order valence-corrected chi connectivity index (χ2v) is 8.99. The summed E-state index contributed by atoms with van der Waals surface area (Å²) in [5, 5.41) is 0. The highest BCUT2D eigenvalue weighted by molar-refractivity contribution is 5.43. The summed E-state index contributed by atoms with van der Waals surface area (Å²) in [7, 11) is 0. The van der Waals surface area contributed by atoms with Gasteiger partial charge in [0.15, 0.2) is 17.9 Å². The number of anilines is 1. The van der Waals surface area contributed by atoms with Gasteiger partial charge >= 0.3 is 0 Å². The number of halogens is 1. The average molecular weight is 409 g/mol. The van der Waals surface area contributed by atoms with Gasteiger partial charge in [0.05, 0.1) is 13.2 Å². The molecule has 0 amide bonds. The van der Waals surface area contributed by atoms with Crippen LogP contribution in [0.5, 0.6) is 0 Å². The Labute approximate surface area is 177 Å². The fourth-order valence-corrected chi connectivity index (χ4v) is 6.33. The molecule has 1 aromatic rings. The molecule has 4 aliphatic carbocycles. The van der Waals surface area contributed by atoms with E-state index in [4.69, 9.17) is 9.47 Å². The Morgan fingerprint density at radius 1 is 0.893 bits per heavy atom. The smallest absolute Gasteiger partial charge is 0.171 e. The zero-order chi connectivity index (χ0) is 18.7. The number of nitrogens with zero attached hydrogens (tertiary/aromatic N) is 2. The molecular weight excluding hydrogens is 372 g/mol. The van der Waals surface area contributed by atoms with Crippen molar-refractivity contribution in [1.82, 2.24) is 0 Å². The van der Waals surface area contributed by atoms with Crippen LogP contribution >= 0.6 is 0 Å². The monoisotopic (exact) mass is 408 g/mol. The van der Waals surface area contributed by atoms with Crippen LogP contribution in [0.2, 0.25) is 0 Å². The number of rotatable bonds is 10. The normalized spacial score (nSPS) is 30.3. The van der Waals surface area contributed by atoms with Crippen LogP contribution in [0.1, 0.15) is 52.4 Å². The van der Waals surface area contributed by atoms with Crippen LogP contribution in [-0.2, 0) is 15.0 Å². The Morgan fingerprint density at radius 3 is 1.79 bits per heavy atom. The van der Waals surface area contributed by atoms with Gasteiger partial charge in [-0.15, -0.1) is 0 Å². The van der Waals surface area contributed by atoms with E-state index in [2.05, 4.69) is 47.8 Å². The molecular formula is C23H37ClN2O2. The molecule has 158 valence electrons. The lowest BCUT2D eigenvalue weighted by atomic mass is 9.53. The van der Waals surface area contributed by atoms with E-state index >= 15 is 0 Å². The van der Waals surface area contributed by atoms with E-state index in [0.29, 0.717) is 5.54 Å². The highest BCUT2D eigenvalue weighted by Crippen LogP contribution is 2.56. The maximum absolute atomic E-state index is 5.59. The summed E-state index contributed by atoms with van der Waals surface area (Å²) in [4.78, 5) is 2.40. The van der Waals surface area contributed by atoms with E-state index in [-0.39, 0.29) is 12.4 Å². The van der Waals surface area contributed by atoms with Crippen LogP contribution in [-0.4, -0.2) is 39.5 Å². The predicted octanol–water partition coefficient (Wildman–Crippen LogP) is 0.783. The summed E-state index contributed by atoms with van der Waals surface area (Å²) in [6, 6.07) is 4.63. The lowest BCUT2D eigenvalue weighted by Crippen LogP contribution is -3.00. The van der Waals surface area contributed by atoms with Crippen molar-refractivity contribution in [2.45, 2.75) is 57.9 Å². The van der Waals surface area contributed by atoms with Gasteiger partial charge < -0.3 is 26.8 Å². The summed E-state index contributed by atoms with van der Waals surface area (Å²) < 4.78 is 13.8. The first kappa shape index (κ1) is 21.9. The second-order valence-electron chi connectivity index (χ2n) is 8.99. The summed E-state index contributed by atoms with van der Waals surface area (Å²) in [5.41, 5.74) is 1.70. The van der Waals surface area contributed by atoms with E-state index in [1.807, 2.05) is 0 Å². The standard InChI is InChI=1S/C23H37N2O2.ClH/c1-3-26-11-9-24(10-12-27-4-2)22-5-7-25(8-6-22)23-16-19-13-20(17-23)15-21(14-19)18-23;/h5-8,19-21H,3-4,9-18H2,1-2H3;1H/q+1;/p-1. The van der Waals surface area contributed by atoms with Crippen molar-refractivity contribution in [2.24, 2.45) is 17.8 Å². The molecule has 0 aliphatic heterocycles. The van der Waals surface area contributed by atoms with E-state index in [9.17, 15) is 0 Å². The molecule has 4 bridgehead atoms. The predicted molar refractivity (Wildman–Crippen MR) is 108 cm³/mol. The lowest BCUT2D eigenvalue weighted by Gasteiger charge is -2.53. The van der Waals surface area contributed by atoms with Crippen molar-refractivity contribution < 1.29 is 26.4 Å². The molecule has 4 saturated carbocycles. The molecule has 1 aromatic heterocycles.